The van der Waals surface area contributed by atoms with Gasteiger partial charge in [-0.1, -0.05) is 0 Å². The highest BCUT2D eigenvalue weighted by molar-refractivity contribution is 5.73. The summed E-state index contributed by atoms with van der Waals surface area (Å²) < 4.78 is 12.8. The highest BCUT2D eigenvalue weighted by Crippen LogP contribution is 2.32. The lowest BCUT2D eigenvalue weighted by Gasteiger charge is -2.01. The summed E-state index contributed by atoms with van der Waals surface area (Å²) in [5.74, 6) is 0.217. The smallest absolute Gasteiger partial charge is 0.241 e. The minimum atomic E-state index is -0.290. The van der Waals surface area contributed by atoms with E-state index in [0.717, 1.165) is 5.56 Å². The molecule has 0 bridgehead atoms. The van der Waals surface area contributed by atoms with Crippen LogP contribution in [0.5, 0.6) is 5.88 Å². The molecule has 1 aromatic carbocycles. The van der Waals surface area contributed by atoms with Crippen LogP contribution >= 0.6 is 0 Å². The Morgan fingerprint density at radius 1 is 1.17 bits per heavy atom. The number of halogens is 1. The number of hydrogen-bond donors (Lipinski definition) is 2. The van der Waals surface area contributed by atoms with Crippen LogP contribution in [0, 0.1) is 12.7 Å². The molecule has 0 atom stereocenters. The van der Waals surface area contributed by atoms with Crippen molar-refractivity contribution >= 4 is 0 Å². The zero-order chi connectivity index (χ0) is 12.7. The number of aromatic nitrogens is 3. The van der Waals surface area contributed by atoms with Crippen molar-refractivity contribution < 1.29 is 9.50 Å². The lowest BCUT2D eigenvalue weighted by atomic mass is 10.1. The van der Waals surface area contributed by atoms with Gasteiger partial charge in [-0.2, -0.15) is 4.98 Å². The molecule has 0 unspecified atom stereocenters. The van der Waals surface area contributed by atoms with Gasteiger partial charge in [-0.05, 0) is 37.3 Å². The summed E-state index contributed by atoms with van der Waals surface area (Å²) >= 11 is 0. The quantitative estimate of drug-likeness (QED) is 0.690. The monoisotopic (exact) mass is 243 g/mol. The Hall–Kier alpha value is -2.43. The first-order valence-electron chi connectivity index (χ1n) is 5.46. The first-order valence-corrected chi connectivity index (χ1v) is 5.46. The van der Waals surface area contributed by atoms with Crippen LogP contribution in [-0.2, 0) is 0 Å². The molecule has 2 aliphatic heterocycles. The van der Waals surface area contributed by atoms with E-state index in [-0.39, 0.29) is 11.7 Å². The first kappa shape index (κ1) is 10.7. The van der Waals surface area contributed by atoms with E-state index in [1.807, 2.05) is 0 Å². The van der Waals surface area contributed by atoms with Gasteiger partial charge in [0.05, 0.1) is 11.4 Å². The maximum Gasteiger partial charge on any atom is 0.241 e. The predicted octanol–water partition coefficient (Wildman–Crippen LogP) is 2.73. The number of nitrogens with one attached hydrogen (secondary N) is 1. The number of nitrogens with zero attached hydrogens (tertiary/aromatic N) is 2. The number of rotatable bonds is 1. The summed E-state index contributed by atoms with van der Waals surface area (Å²) in [5, 5.41) is 9.70. The molecule has 2 heterocycles. The Balaban J connectivity index is 2.17. The van der Waals surface area contributed by atoms with Crippen LogP contribution < -0.4 is 0 Å². The van der Waals surface area contributed by atoms with E-state index < -0.39 is 0 Å². The Labute approximate surface area is 102 Å². The molecule has 4 nitrogen and oxygen atoms in total. The van der Waals surface area contributed by atoms with Crippen LogP contribution in [0.15, 0.2) is 30.3 Å². The molecule has 1 aromatic rings. The second-order valence-corrected chi connectivity index (χ2v) is 4.06. The van der Waals surface area contributed by atoms with Gasteiger partial charge in [0, 0.05) is 5.56 Å². The number of hydrogen-bond acceptors (Lipinski definition) is 3. The van der Waals surface area contributed by atoms with E-state index in [1.54, 1.807) is 25.1 Å². The molecule has 0 radical (unpaired) electrons. The molecule has 0 aromatic heterocycles. The Bertz CT molecular complexity index is 675. The number of aromatic amines is 1. The van der Waals surface area contributed by atoms with Gasteiger partial charge in [0.1, 0.15) is 17.3 Å². The van der Waals surface area contributed by atoms with Crippen molar-refractivity contribution in [2.24, 2.45) is 0 Å². The predicted molar refractivity (Wildman–Crippen MR) is 64.8 cm³/mol. The maximum atomic E-state index is 12.8. The molecule has 2 aliphatic rings. The zero-order valence-electron chi connectivity index (χ0n) is 9.61. The van der Waals surface area contributed by atoms with Crippen molar-refractivity contribution in [3.05, 3.63) is 42.0 Å². The molecule has 2 N–H and O–H groups in total. The van der Waals surface area contributed by atoms with Crippen LogP contribution in [-0.4, -0.2) is 20.1 Å². The topological polar surface area (TPSA) is 61.8 Å². The molecule has 5 heteroatoms. The fourth-order valence-corrected chi connectivity index (χ4v) is 1.89. The van der Waals surface area contributed by atoms with Crippen LogP contribution in [0.2, 0.25) is 0 Å². The molecule has 0 aliphatic carbocycles. The first-order chi connectivity index (χ1) is 8.63. The number of H-pyrrole nitrogens is 1. The summed E-state index contributed by atoms with van der Waals surface area (Å²) in [6, 6.07) is 7.85. The van der Waals surface area contributed by atoms with Gasteiger partial charge >= 0.3 is 0 Å². The average molecular weight is 243 g/mol. The maximum absolute atomic E-state index is 12.8. The van der Waals surface area contributed by atoms with Crippen molar-refractivity contribution in [3.63, 3.8) is 0 Å². The molecule has 0 saturated carbocycles. The number of benzene rings is 1. The molecule has 18 heavy (non-hydrogen) atoms. The molecule has 0 saturated heterocycles. The minimum absolute atomic E-state index is 0.102. The Morgan fingerprint density at radius 2 is 1.89 bits per heavy atom. The van der Waals surface area contributed by atoms with Crippen LogP contribution in [0.1, 0.15) is 5.82 Å². The van der Waals surface area contributed by atoms with Gasteiger partial charge in [-0.15, -0.1) is 0 Å². The van der Waals surface area contributed by atoms with Gasteiger partial charge in [-0.3, -0.25) is 0 Å². The van der Waals surface area contributed by atoms with Gasteiger partial charge in [0.2, 0.25) is 5.88 Å². The second-order valence-electron chi connectivity index (χ2n) is 4.06. The third-order valence-electron chi connectivity index (χ3n) is 2.71. The fourth-order valence-electron chi connectivity index (χ4n) is 1.89. The van der Waals surface area contributed by atoms with Gasteiger partial charge in [0.15, 0.2) is 0 Å². The van der Waals surface area contributed by atoms with E-state index in [9.17, 15) is 9.50 Å². The largest absolute Gasteiger partial charge is 0.492 e. The van der Waals surface area contributed by atoms with Crippen LogP contribution in [0.4, 0.5) is 4.39 Å². The molecule has 0 spiro atoms. The number of fused-ring (bicyclic) bond motifs is 1. The average Bonchev–Trinajstić information content (AvgIpc) is 2.74. The molecule has 90 valence electrons. The zero-order valence-corrected chi connectivity index (χ0v) is 9.61. The van der Waals surface area contributed by atoms with E-state index in [1.165, 1.54) is 12.1 Å². The Morgan fingerprint density at radius 3 is 2.61 bits per heavy atom. The molecular weight excluding hydrogens is 233 g/mol. The van der Waals surface area contributed by atoms with Crippen molar-refractivity contribution in [3.8, 4) is 28.5 Å². The standard InChI is InChI=1S/C13H10FN3O/c1-7-15-11-6-10(17-12(11)13(18)16-7)8-2-4-9(14)5-3-8/h2-6,18H,1H3,(H,15,16). The van der Waals surface area contributed by atoms with Crippen molar-refractivity contribution in [2.75, 3.05) is 0 Å². The third-order valence-corrected chi connectivity index (χ3v) is 2.71. The summed E-state index contributed by atoms with van der Waals surface area (Å²) in [4.78, 5) is 11.2. The summed E-state index contributed by atoms with van der Waals surface area (Å²) in [6.45, 7) is 1.75. The lowest BCUT2D eigenvalue weighted by Crippen LogP contribution is -1.91. The number of aryl methyl sites for hydroxylation is 1. The summed E-state index contributed by atoms with van der Waals surface area (Å²) in [6.07, 6.45) is 0. The van der Waals surface area contributed by atoms with Crippen molar-refractivity contribution in [1.82, 2.24) is 15.0 Å². The molecule has 0 amide bonds. The van der Waals surface area contributed by atoms with Gasteiger partial charge in [0.25, 0.3) is 0 Å². The molecule has 0 fully saturated rings. The normalized spacial score (nSPS) is 11.0. The minimum Gasteiger partial charge on any atom is -0.492 e. The van der Waals surface area contributed by atoms with Gasteiger partial charge in [-0.25, -0.2) is 9.37 Å². The highest BCUT2D eigenvalue weighted by atomic mass is 19.1. The molecule has 3 rings (SSSR count). The van der Waals surface area contributed by atoms with E-state index in [4.69, 9.17) is 0 Å². The fraction of sp³-hybridized carbons (Fsp3) is 0.0769. The second kappa shape index (κ2) is 3.80. The lowest BCUT2D eigenvalue weighted by molar-refractivity contribution is 0.450. The SMILES string of the molecule is Cc1nc(O)c2nc(-c3ccc(F)cc3)cc-2[nH]1. The Kier molecular flexibility index (Phi) is 2.26. The van der Waals surface area contributed by atoms with Crippen LogP contribution in [0.3, 0.4) is 0 Å². The third kappa shape index (κ3) is 1.69. The van der Waals surface area contributed by atoms with Crippen molar-refractivity contribution in [1.29, 1.82) is 0 Å². The highest BCUT2D eigenvalue weighted by Gasteiger charge is 2.16. The summed E-state index contributed by atoms with van der Waals surface area (Å²) in [5.41, 5.74) is 2.58. The van der Waals surface area contributed by atoms with Crippen molar-refractivity contribution in [2.45, 2.75) is 6.92 Å². The van der Waals surface area contributed by atoms with E-state index in [0.29, 0.717) is 22.9 Å². The van der Waals surface area contributed by atoms with Gasteiger partial charge < -0.3 is 10.1 Å². The van der Waals surface area contributed by atoms with E-state index >= 15 is 0 Å². The summed E-state index contributed by atoms with van der Waals surface area (Å²) in [7, 11) is 0. The number of aromatic hydroxyl groups is 1. The van der Waals surface area contributed by atoms with E-state index in [2.05, 4.69) is 15.0 Å². The molecular formula is C13H10FN3O. The van der Waals surface area contributed by atoms with Crippen LogP contribution in [0.25, 0.3) is 22.6 Å².